The Morgan fingerprint density at radius 3 is 2.59 bits per heavy atom. The van der Waals surface area contributed by atoms with Crippen LogP contribution in [-0.2, 0) is 9.53 Å². The van der Waals surface area contributed by atoms with E-state index in [-0.39, 0.29) is 23.7 Å². The van der Waals surface area contributed by atoms with E-state index in [1.807, 2.05) is 0 Å². The van der Waals surface area contributed by atoms with Gasteiger partial charge < -0.3 is 9.47 Å². The third-order valence-corrected chi connectivity index (χ3v) is 3.71. The van der Waals surface area contributed by atoms with E-state index in [1.54, 1.807) is 6.92 Å². The second-order valence-corrected chi connectivity index (χ2v) is 5.21. The van der Waals surface area contributed by atoms with Crippen LogP contribution in [0.2, 0.25) is 0 Å². The van der Waals surface area contributed by atoms with Gasteiger partial charge in [0.05, 0.1) is 23.6 Å². The van der Waals surface area contributed by atoms with Crippen LogP contribution < -0.4 is 4.74 Å². The molecule has 0 spiro atoms. The molecule has 0 amide bonds. The largest absolute Gasteiger partial charge is 0.490 e. The predicted octanol–water partition coefficient (Wildman–Crippen LogP) is 3.23. The number of esters is 1. The number of nitrogens with zero attached hydrogens (tertiary/aromatic N) is 1. The quantitative estimate of drug-likeness (QED) is 0.474. The van der Waals surface area contributed by atoms with Gasteiger partial charge in [-0.1, -0.05) is 0 Å². The molecule has 120 valence electrons. The van der Waals surface area contributed by atoms with Crippen molar-refractivity contribution >= 4 is 11.7 Å². The molecule has 0 N–H and O–H groups in total. The molecule has 1 aromatic rings. The van der Waals surface area contributed by atoms with Crippen LogP contribution in [0.5, 0.6) is 5.75 Å². The van der Waals surface area contributed by atoms with Crippen LogP contribution in [0.3, 0.4) is 0 Å². The van der Waals surface area contributed by atoms with E-state index in [0.29, 0.717) is 32.3 Å². The molecule has 1 fully saturated rings. The molecule has 22 heavy (non-hydrogen) atoms. The first-order chi connectivity index (χ1) is 10.5. The molecule has 1 aromatic carbocycles. The van der Waals surface area contributed by atoms with E-state index >= 15 is 0 Å². The summed E-state index contributed by atoms with van der Waals surface area (Å²) in [5, 5.41) is 10.6. The maximum Gasteiger partial charge on any atom is 0.308 e. The monoisotopic (exact) mass is 311 g/mol. The Labute approximate surface area is 127 Å². The van der Waals surface area contributed by atoms with Gasteiger partial charge in [0.15, 0.2) is 0 Å². The molecule has 0 unspecified atom stereocenters. The van der Waals surface area contributed by atoms with E-state index < -0.39 is 16.4 Å². The predicted molar refractivity (Wildman–Crippen MR) is 76.1 cm³/mol. The lowest BCUT2D eigenvalue weighted by Gasteiger charge is -2.27. The van der Waals surface area contributed by atoms with Crippen molar-refractivity contribution in [2.24, 2.45) is 5.92 Å². The van der Waals surface area contributed by atoms with Gasteiger partial charge >= 0.3 is 11.7 Å². The summed E-state index contributed by atoms with van der Waals surface area (Å²) in [7, 11) is 0. The minimum absolute atomic E-state index is 0.103. The molecule has 0 heterocycles. The van der Waals surface area contributed by atoms with Gasteiger partial charge in [-0.15, -0.1) is 0 Å². The zero-order valence-corrected chi connectivity index (χ0v) is 12.3. The molecule has 0 saturated heterocycles. The van der Waals surface area contributed by atoms with Gasteiger partial charge in [0, 0.05) is 12.1 Å². The van der Waals surface area contributed by atoms with Crippen molar-refractivity contribution in [1.29, 1.82) is 0 Å². The summed E-state index contributed by atoms with van der Waals surface area (Å²) in [4.78, 5) is 21.4. The highest BCUT2D eigenvalue weighted by Crippen LogP contribution is 2.30. The molecule has 2 rings (SSSR count). The molecule has 0 aliphatic heterocycles. The highest BCUT2D eigenvalue weighted by Gasteiger charge is 2.28. The Morgan fingerprint density at radius 2 is 2.05 bits per heavy atom. The summed E-state index contributed by atoms with van der Waals surface area (Å²) in [6.45, 7) is 2.15. The van der Waals surface area contributed by atoms with Crippen molar-refractivity contribution < 1.29 is 23.6 Å². The molecule has 1 aliphatic carbocycles. The van der Waals surface area contributed by atoms with Crippen LogP contribution in [0.25, 0.3) is 0 Å². The molecule has 0 aromatic heterocycles. The number of hydrogen-bond donors (Lipinski definition) is 0. The summed E-state index contributed by atoms with van der Waals surface area (Å²) >= 11 is 0. The lowest BCUT2D eigenvalue weighted by atomic mass is 9.87. The fourth-order valence-electron chi connectivity index (χ4n) is 2.58. The first-order valence-corrected chi connectivity index (χ1v) is 7.28. The third kappa shape index (κ3) is 3.93. The number of hydrogen-bond acceptors (Lipinski definition) is 5. The molecule has 0 atom stereocenters. The van der Waals surface area contributed by atoms with Gasteiger partial charge in [-0.2, -0.15) is 4.39 Å². The zero-order chi connectivity index (χ0) is 16.1. The molecule has 6 nitrogen and oxygen atoms in total. The van der Waals surface area contributed by atoms with Crippen LogP contribution in [0, 0.1) is 21.8 Å². The smallest absolute Gasteiger partial charge is 0.308 e. The highest BCUT2D eigenvalue weighted by atomic mass is 19.1. The van der Waals surface area contributed by atoms with E-state index in [0.717, 1.165) is 12.1 Å². The summed E-state index contributed by atoms with van der Waals surface area (Å²) in [5.41, 5.74) is -0.571. The summed E-state index contributed by atoms with van der Waals surface area (Å²) in [5.74, 6) is -0.930. The maximum absolute atomic E-state index is 13.5. The lowest BCUT2D eigenvalue weighted by Crippen LogP contribution is -2.29. The van der Waals surface area contributed by atoms with Gasteiger partial charge in [0.2, 0.25) is 5.82 Å². The van der Waals surface area contributed by atoms with Crippen LogP contribution in [0.1, 0.15) is 32.6 Å². The van der Waals surface area contributed by atoms with Crippen LogP contribution >= 0.6 is 0 Å². The molecular weight excluding hydrogens is 293 g/mol. The van der Waals surface area contributed by atoms with Crippen molar-refractivity contribution in [1.82, 2.24) is 0 Å². The van der Waals surface area contributed by atoms with E-state index in [2.05, 4.69) is 0 Å². The average Bonchev–Trinajstić information content (AvgIpc) is 2.48. The van der Waals surface area contributed by atoms with Crippen molar-refractivity contribution in [2.45, 2.75) is 38.7 Å². The number of rotatable bonds is 5. The third-order valence-electron chi connectivity index (χ3n) is 3.71. The molecule has 0 bridgehead atoms. The van der Waals surface area contributed by atoms with Crippen LogP contribution in [0.4, 0.5) is 10.1 Å². The Bertz CT molecular complexity index is 555. The fraction of sp³-hybridized carbons (Fsp3) is 0.533. The van der Waals surface area contributed by atoms with Crippen molar-refractivity contribution in [3.05, 3.63) is 34.1 Å². The molecule has 1 aliphatic rings. The number of ether oxygens (including phenoxy) is 2. The lowest BCUT2D eigenvalue weighted by molar-refractivity contribution is -0.387. The van der Waals surface area contributed by atoms with Gasteiger partial charge in [-0.05, 0) is 38.7 Å². The van der Waals surface area contributed by atoms with Crippen molar-refractivity contribution in [3.8, 4) is 5.75 Å². The van der Waals surface area contributed by atoms with Gasteiger partial charge in [-0.3, -0.25) is 14.9 Å². The maximum atomic E-state index is 13.5. The van der Waals surface area contributed by atoms with E-state index in [1.165, 1.54) is 6.07 Å². The van der Waals surface area contributed by atoms with Crippen LogP contribution in [0.15, 0.2) is 18.2 Å². The SMILES string of the molecule is CCOC(=O)C1CCC(Oc2ccc([N+](=O)[O-])c(F)c2)CC1. The zero-order valence-electron chi connectivity index (χ0n) is 12.3. The second kappa shape index (κ2) is 7.20. The Morgan fingerprint density at radius 1 is 1.36 bits per heavy atom. The first kappa shape index (κ1) is 16.2. The van der Waals surface area contributed by atoms with Crippen molar-refractivity contribution in [2.75, 3.05) is 6.61 Å². The minimum atomic E-state index is -0.914. The topological polar surface area (TPSA) is 78.7 Å². The standard InChI is InChI=1S/C15H18FNO5/c1-2-21-15(18)10-3-5-11(6-4-10)22-12-7-8-14(17(19)20)13(16)9-12/h7-11H,2-6H2,1H3. The van der Waals surface area contributed by atoms with Crippen LogP contribution in [-0.4, -0.2) is 23.6 Å². The first-order valence-electron chi connectivity index (χ1n) is 7.28. The Kier molecular flexibility index (Phi) is 5.30. The number of carbonyl (C=O) groups excluding carboxylic acids is 1. The Balaban J connectivity index is 1.90. The fourth-order valence-corrected chi connectivity index (χ4v) is 2.58. The molecule has 0 radical (unpaired) electrons. The normalized spacial score (nSPS) is 21.2. The van der Waals surface area contributed by atoms with E-state index in [4.69, 9.17) is 9.47 Å². The number of nitro groups is 1. The summed E-state index contributed by atoms with van der Waals surface area (Å²) in [6, 6.07) is 3.50. The van der Waals surface area contributed by atoms with Gasteiger partial charge in [0.1, 0.15) is 5.75 Å². The number of benzene rings is 1. The molecular formula is C15H18FNO5. The van der Waals surface area contributed by atoms with Gasteiger partial charge in [-0.25, -0.2) is 0 Å². The Hall–Kier alpha value is -2.18. The van der Waals surface area contributed by atoms with E-state index in [9.17, 15) is 19.3 Å². The number of halogens is 1. The van der Waals surface area contributed by atoms with Gasteiger partial charge in [0.25, 0.3) is 0 Å². The summed E-state index contributed by atoms with van der Waals surface area (Å²) < 4.78 is 24.2. The highest BCUT2D eigenvalue weighted by molar-refractivity contribution is 5.72. The second-order valence-electron chi connectivity index (χ2n) is 5.21. The number of carbonyl (C=O) groups is 1. The average molecular weight is 311 g/mol. The number of nitro benzene ring substituents is 1. The minimum Gasteiger partial charge on any atom is -0.490 e. The summed E-state index contributed by atoms with van der Waals surface area (Å²) in [6.07, 6.45) is 2.55. The molecule has 1 saturated carbocycles. The molecule has 7 heteroatoms. The van der Waals surface area contributed by atoms with Crippen molar-refractivity contribution in [3.63, 3.8) is 0 Å².